The molecule has 6 nitrogen and oxygen atoms in total. The summed E-state index contributed by atoms with van der Waals surface area (Å²) < 4.78 is 11.3. The van der Waals surface area contributed by atoms with E-state index in [2.05, 4.69) is 10.3 Å². The minimum atomic E-state index is 0.162. The van der Waals surface area contributed by atoms with Gasteiger partial charge in [0, 0.05) is 18.8 Å². The average molecular weight is 361 g/mol. The molecule has 2 saturated heterocycles. The third kappa shape index (κ3) is 6.04. The molecule has 144 valence electrons. The van der Waals surface area contributed by atoms with E-state index in [0.717, 1.165) is 57.5 Å². The molecule has 0 radical (unpaired) electrons. The van der Waals surface area contributed by atoms with Crippen LogP contribution in [0.5, 0.6) is 0 Å². The molecule has 26 heavy (non-hydrogen) atoms. The second-order valence-electron chi connectivity index (χ2n) is 7.14. The highest BCUT2D eigenvalue weighted by atomic mass is 16.5. The van der Waals surface area contributed by atoms with Crippen LogP contribution in [0.15, 0.2) is 24.4 Å². The first kappa shape index (κ1) is 19.3. The van der Waals surface area contributed by atoms with E-state index in [1.165, 1.54) is 0 Å². The Morgan fingerprint density at radius 2 is 2.23 bits per heavy atom. The van der Waals surface area contributed by atoms with Gasteiger partial charge in [0.25, 0.3) is 0 Å². The van der Waals surface area contributed by atoms with Crippen LogP contribution >= 0.6 is 0 Å². The number of rotatable bonds is 8. The second-order valence-corrected chi connectivity index (χ2v) is 7.14. The van der Waals surface area contributed by atoms with Crippen LogP contribution in [0, 0.1) is 0 Å². The number of aromatic nitrogens is 1. The molecule has 2 unspecified atom stereocenters. The van der Waals surface area contributed by atoms with Crippen LogP contribution in [0.4, 0.5) is 0 Å². The largest absolute Gasteiger partial charge is 0.378 e. The average Bonchev–Trinajstić information content (AvgIpc) is 3.05. The number of hydrogen-bond acceptors (Lipinski definition) is 5. The van der Waals surface area contributed by atoms with E-state index in [9.17, 15) is 4.79 Å². The van der Waals surface area contributed by atoms with Crippen LogP contribution in [-0.4, -0.2) is 60.8 Å². The number of hydrogen-bond donors (Lipinski definition) is 1. The monoisotopic (exact) mass is 361 g/mol. The van der Waals surface area contributed by atoms with Crippen molar-refractivity contribution in [1.82, 2.24) is 15.2 Å². The zero-order valence-electron chi connectivity index (χ0n) is 15.6. The number of carbonyl (C=O) groups excluding carboxylic acids is 1. The smallest absolute Gasteiger partial charge is 0.225 e. The first-order valence-electron chi connectivity index (χ1n) is 9.92. The minimum absolute atomic E-state index is 0.162. The zero-order chi connectivity index (χ0) is 18.0. The number of pyridine rings is 1. The van der Waals surface area contributed by atoms with Crippen molar-refractivity contribution in [2.24, 2.45) is 0 Å². The van der Waals surface area contributed by atoms with Crippen molar-refractivity contribution in [2.75, 3.05) is 32.9 Å². The molecule has 0 aromatic carbocycles. The van der Waals surface area contributed by atoms with Gasteiger partial charge in [-0.3, -0.25) is 9.78 Å². The Kier molecular flexibility index (Phi) is 7.86. The molecule has 0 spiro atoms. The summed E-state index contributed by atoms with van der Waals surface area (Å²) in [6.07, 6.45) is 7.74. The standard InChI is InChI=1S/C20H31N3O3/c24-20(9-14-25-16-19-7-4-13-26-19)23(15-17-5-1-2-11-22-17)18-6-3-10-21-12-8-18/h1-2,5,11,18-19,21H,3-4,6-10,12-16H2. The molecule has 2 fully saturated rings. The lowest BCUT2D eigenvalue weighted by atomic mass is 10.1. The maximum Gasteiger partial charge on any atom is 0.225 e. The second kappa shape index (κ2) is 10.6. The molecule has 1 amide bonds. The summed E-state index contributed by atoms with van der Waals surface area (Å²) in [7, 11) is 0. The van der Waals surface area contributed by atoms with E-state index in [1.807, 2.05) is 23.1 Å². The summed E-state index contributed by atoms with van der Waals surface area (Å²) in [6.45, 7) is 4.47. The number of ether oxygens (including phenoxy) is 2. The lowest BCUT2D eigenvalue weighted by Gasteiger charge is -2.31. The fourth-order valence-corrected chi connectivity index (χ4v) is 3.69. The molecule has 0 bridgehead atoms. The molecule has 3 rings (SSSR count). The molecule has 1 aromatic heterocycles. The summed E-state index contributed by atoms with van der Waals surface area (Å²) in [6, 6.07) is 6.15. The van der Waals surface area contributed by atoms with E-state index >= 15 is 0 Å². The molecule has 6 heteroatoms. The molecule has 2 aliphatic rings. The quantitative estimate of drug-likeness (QED) is 0.719. The Hall–Kier alpha value is -1.50. The zero-order valence-corrected chi connectivity index (χ0v) is 15.6. The summed E-state index contributed by atoms with van der Waals surface area (Å²) >= 11 is 0. The molecule has 0 aliphatic carbocycles. The van der Waals surface area contributed by atoms with Crippen molar-refractivity contribution in [1.29, 1.82) is 0 Å². The highest BCUT2D eigenvalue weighted by molar-refractivity contribution is 5.76. The van der Waals surface area contributed by atoms with Crippen molar-refractivity contribution < 1.29 is 14.3 Å². The van der Waals surface area contributed by atoms with Gasteiger partial charge in [-0.25, -0.2) is 0 Å². The molecule has 2 atom stereocenters. The normalized spacial score (nSPS) is 23.5. The summed E-state index contributed by atoms with van der Waals surface area (Å²) in [5.74, 6) is 0.162. The molecule has 1 aromatic rings. The minimum Gasteiger partial charge on any atom is -0.378 e. The Labute approximate surface area is 156 Å². The highest BCUT2D eigenvalue weighted by Crippen LogP contribution is 2.18. The van der Waals surface area contributed by atoms with Crippen molar-refractivity contribution in [3.8, 4) is 0 Å². The van der Waals surface area contributed by atoms with Gasteiger partial charge in [-0.2, -0.15) is 0 Å². The predicted octanol–water partition coefficient (Wildman–Crippen LogP) is 2.14. The van der Waals surface area contributed by atoms with Gasteiger partial charge in [0.05, 0.1) is 38.0 Å². The topological polar surface area (TPSA) is 63.7 Å². The van der Waals surface area contributed by atoms with Crippen LogP contribution in [-0.2, 0) is 20.8 Å². The van der Waals surface area contributed by atoms with Gasteiger partial charge in [0.15, 0.2) is 0 Å². The Bertz CT molecular complexity index is 526. The lowest BCUT2D eigenvalue weighted by molar-refractivity contribution is -0.136. The van der Waals surface area contributed by atoms with Crippen molar-refractivity contribution in [2.45, 2.75) is 57.2 Å². The van der Waals surface area contributed by atoms with Gasteiger partial charge in [0.1, 0.15) is 0 Å². The molecule has 0 saturated carbocycles. The highest BCUT2D eigenvalue weighted by Gasteiger charge is 2.25. The van der Waals surface area contributed by atoms with Crippen LogP contribution in [0.25, 0.3) is 0 Å². The number of carbonyl (C=O) groups is 1. The van der Waals surface area contributed by atoms with Crippen LogP contribution in [0.1, 0.15) is 44.2 Å². The maximum atomic E-state index is 12.9. The van der Waals surface area contributed by atoms with Crippen molar-refractivity contribution in [3.05, 3.63) is 30.1 Å². The molecular weight excluding hydrogens is 330 g/mol. The van der Waals surface area contributed by atoms with Crippen LogP contribution < -0.4 is 5.32 Å². The Morgan fingerprint density at radius 1 is 1.27 bits per heavy atom. The SMILES string of the molecule is O=C(CCOCC1CCCO1)N(Cc1ccccn1)C1CCCNCC1. The third-order valence-electron chi connectivity index (χ3n) is 5.15. The van der Waals surface area contributed by atoms with Gasteiger partial charge in [-0.15, -0.1) is 0 Å². The first-order chi connectivity index (χ1) is 12.8. The number of nitrogens with one attached hydrogen (secondary N) is 1. The third-order valence-corrected chi connectivity index (χ3v) is 5.15. The first-order valence-corrected chi connectivity index (χ1v) is 9.92. The van der Waals surface area contributed by atoms with Crippen LogP contribution in [0.3, 0.4) is 0 Å². The van der Waals surface area contributed by atoms with Gasteiger partial charge in [0.2, 0.25) is 5.91 Å². The van der Waals surface area contributed by atoms with E-state index in [4.69, 9.17) is 9.47 Å². The lowest BCUT2D eigenvalue weighted by Crippen LogP contribution is -2.41. The van der Waals surface area contributed by atoms with Gasteiger partial charge in [-0.1, -0.05) is 6.07 Å². The number of nitrogens with zero attached hydrogens (tertiary/aromatic N) is 2. The van der Waals surface area contributed by atoms with E-state index < -0.39 is 0 Å². The summed E-state index contributed by atoms with van der Waals surface area (Å²) in [4.78, 5) is 19.4. The van der Waals surface area contributed by atoms with E-state index in [0.29, 0.717) is 26.2 Å². The van der Waals surface area contributed by atoms with Crippen molar-refractivity contribution >= 4 is 5.91 Å². The van der Waals surface area contributed by atoms with Gasteiger partial charge in [-0.05, 0) is 57.3 Å². The van der Waals surface area contributed by atoms with Gasteiger partial charge >= 0.3 is 0 Å². The van der Waals surface area contributed by atoms with E-state index in [-0.39, 0.29) is 18.1 Å². The molecule has 1 N–H and O–H groups in total. The van der Waals surface area contributed by atoms with Gasteiger partial charge < -0.3 is 19.7 Å². The Morgan fingerprint density at radius 3 is 3.04 bits per heavy atom. The molecule has 3 heterocycles. The Balaban J connectivity index is 1.53. The summed E-state index contributed by atoms with van der Waals surface area (Å²) in [5.41, 5.74) is 0.943. The van der Waals surface area contributed by atoms with E-state index in [1.54, 1.807) is 6.20 Å². The molecular formula is C20H31N3O3. The van der Waals surface area contributed by atoms with Crippen molar-refractivity contribution in [3.63, 3.8) is 0 Å². The number of amides is 1. The molecule has 2 aliphatic heterocycles. The summed E-state index contributed by atoms with van der Waals surface area (Å²) in [5, 5.41) is 3.43. The predicted molar refractivity (Wildman–Crippen MR) is 99.7 cm³/mol. The maximum absolute atomic E-state index is 12.9. The fraction of sp³-hybridized carbons (Fsp3) is 0.700. The van der Waals surface area contributed by atoms with Crippen LogP contribution in [0.2, 0.25) is 0 Å². The fourth-order valence-electron chi connectivity index (χ4n) is 3.69.